The van der Waals surface area contributed by atoms with Gasteiger partial charge in [-0.05, 0) is 44.9 Å². The highest BCUT2D eigenvalue weighted by atomic mass is 16.5. The highest BCUT2D eigenvalue weighted by molar-refractivity contribution is 6.06. The Morgan fingerprint density at radius 3 is 2.81 bits per heavy atom. The second-order valence-corrected chi connectivity index (χ2v) is 8.93. The van der Waals surface area contributed by atoms with Gasteiger partial charge in [-0.15, -0.1) is 0 Å². The van der Waals surface area contributed by atoms with Gasteiger partial charge in [0, 0.05) is 45.1 Å². The van der Waals surface area contributed by atoms with Gasteiger partial charge < -0.3 is 14.4 Å². The third-order valence-electron chi connectivity index (χ3n) is 5.97. The Bertz CT molecular complexity index is 1280. The monoisotopic (exact) mass is 490 g/mol. The number of nitriles is 1. The van der Waals surface area contributed by atoms with Crippen LogP contribution in [0.4, 0.5) is 5.95 Å². The van der Waals surface area contributed by atoms with E-state index >= 15 is 0 Å². The zero-order chi connectivity index (χ0) is 25.7. The Balaban J connectivity index is 1.63. The van der Waals surface area contributed by atoms with Crippen molar-refractivity contribution in [1.82, 2.24) is 19.4 Å². The summed E-state index contributed by atoms with van der Waals surface area (Å²) in [6.45, 7) is 5.96. The molecule has 2 aromatic rings. The van der Waals surface area contributed by atoms with Crippen LogP contribution in [0.15, 0.2) is 47.7 Å². The molecule has 0 radical (unpaired) electrons. The number of carbonyl (C=O) groups is 2. The van der Waals surface area contributed by atoms with Crippen molar-refractivity contribution in [1.29, 1.82) is 5.26 Å². The highest BCUT2D eigenvalue weighted by Gasteiger charge is 2.27. The molecule has 36 heavy (non-hydrogen) atoms. The molecule has 2 atom stereocenters. The van der Waals surface area contributed by atoms with E-state index in [0.717, 1.165) is 0 Å². The van der Waals surface area contributed by atoms with Crippen molar-refractivity contribution in [3.63, 3.8) is 0 Å². The van der Waals surface area contributed by atoms with Gasteiger partial charge in [0.2, 0.25) is 5.95 Å². The van der Waals surface area contributed by atoms with Crippen molar-refractivity contribution in [2.45, 2.75) is 45.4 Å². The first-order chi connectivity index (χ1) is 17.4. The van der Waals surface area contributed by atoms with Gasteiger partial charge in [0.25, 0.3) is 11.8 Å². The Hall–Kier alpha value is -3.81. The number of carbonyl (C=O) groups excluding carboxylic acids is 2. The Kier molecular flexibility index (Phi) is 7.93. The minimum atomic E-state index is -0.373. The second kappa shape index (κ2) is 11.3. The number of rotatable bonds is 7. The van der Waals surface area contributed by atoms with Crippen LogP contribution < -0.4 is 5.32 Å². The van der Waals surface area contributed by atoms with Crippen LogP contribution in [-0.4, -0.2) is 70.3 Å². The van der Waals surface area contributed by atoms with E-state index in [4.69, 9.17) is 9.47 Å². The van der Waals surface area contributed by atoms with Crippen LogP contribution in [0.25, 0.3) is 11.2 Å². The molecule has 188 valence electrons. The topological polar surface area (TPSA) is 122 Å². The maximum atomic E-state index is 13.2. The third kappa shape index (κ3) is 5.70. The zero-order valence-electron chi connectivity index (χ0n) is 20.7. The molecule has 2 amide bonds. The standard InChI is InChI=1S/C26H30N6O4/c1-17-15-31(16-18(2)36-17)25(34)21-12-22-23(28-14-21)32(9-6-10-35-3)26(29-22)30-24(33)20-8-5-4-7-19(11-20)13-27/h4,7-8,11-12,14,17-18H,5-6,9-10,15-16H2,1-3H3,(H,29,30,33). The fourth-order valence-corrected chi connectivity index (χ4v) is 4.39. The summed E-state index contributed by atoms with van der Waals surface area (Å²) in [5.74, 6) is -0.180. The van der Waals surface area contributed by atoms with E-state index in [1.807, 2.05) is 24.5 Å². The molecular formula is C26H30N6O4. The number of pyridine rings is 1. The molecule has 0 saturated carbocycles. The number of allylic oxidation sites excluding steroid dienone is 4. The molecule has 2 aliphatic rings. The predicted octanol–water partition coefficient (Wildman–Crippen LogP) is 2.99. The van der Waals surface area contributed by atoms with Crippen molar-refractivity contribution >= 4 is 28.9 Å². The lowest BCUT2D eigenvalue weighted by molar-refractivity contribution is -0.112. The molecule has 2 aromatic heterocycles. The zero-order valence-corrected chi connectivity index (χ0v) is 20.7. The number of amides is 2. The molecule has 0 bridgehead atoms. The van der Waals surface area contributed by atoms with E-state index in [-0.39, 0.29) is 24.0 Å². The number of hydrogen-bond acceptors (Lipinski definition) is 7. The molecule has 2 unspecified atom stereocenters. The van der Waals surface area contributed by atoms with Crippen LogP contribution in [0.3, 0.4) is 0 Å². The largest absolute Gasteiger partial charge is 0.385 e. The van der Waals surface area contributed by atoms with Crippen molar-refractivity contribution in [2.24, 2.45) is 0 Å². The van der Waals surface area contributed by atoms with Crippen LogP contribution in [0.5, 0.6) is 0 Å². The van der Waals surface area contributed by atoms with Gasteiger partial charge in [-0.2, -0.15) is 5.26 Å². The smallest absolute Gasteiger partial charge is 0.257 e. The lowest BCUT2D eigenvalue weighted by Gasteiger charge is -2.35. The first-order valence-electron chi connectivity index (χ1n) is 12.0. The van der Waals surface area contributed by atoms with Crippen molar-refractivity contribution in [2.75, 3.05) is 32.1 Å². The average Bonchev–Trinajstić information content (AvgIpc) is 3.02. The van der Waals surface area contributed by atoms with Gasteiger partial charge in [-0.1, -0.05) is 12.2 Å². The van der Waals surface area contributed by atoms with Crippen LogP contribution in [0.1, 0.15) is 37.0 Å². The number of morpholine rings is 1. The maximum Gasteiger partial charge on any atom is 0.257 e. The van der Waals surface area contributed by atoms with Gasteiger partial charge in [-0.3, -0.25) is 19.5 Å². The molecular weight excluding hydrogens is 460 g/mol. The summed E-state index contributed by atoms with van der Waals surface area (Å²) in [6, 6.07) is 3.78. The number of aromatic nitrogens is 3. The quantitative estimate of drug-likeness (QED) is 0.592. The number of ether oxygens (including phenoxy) is 2. The summed E-state index contributed by atoms with van der Waals surface area (Å²) >= 11 is 0. The van der Waals surface area contributed by atoms with E-state index < -0.39 is 0 Å². The molecule has 1 aliphatic carbocycles. The van der Waals surface area contributed by atoms with Crippen molar-refractivity contribution in [3.8, 4) is 6.07 Å². The minimum Gasteiger partial charge on any atom is -0.385 e. The molecule has 1 aliphatic heterocycles. The first-order valence-corrected chi connectivity index (χ1v) is 12.0. The summed E-state index contributed by atoms with van der Waals surface area (Å²) in [5, 5.41) is 12.1. The number of fused-ring (bicyclic) bond motifs is 1. The lowest BCUT2D eigenvalue weighted by atomic mass is 10.1. The third-order valence-corrected chi connectivity index (χ3v) is 5.97. The number of imidazole rings is 1. The van der Waals surface area contributed by atoms with Gasteiger partial charge in [0.15, 0.2) is 5.65 Å². The van der Waals surface area contributed by atoms with E-state index in [2.05, 4.69) is 21.4 Å². The van der Waals surface area contributed by atoms with Crippen molar-refractivity contribution in [3.05, 3.63) is 53.3 Å². The molecule has 3 heterocycles. The Labute approximate surface area is 209 Å². The number of methoxy groups -OCH3 is 1. The van der Waals surface area contributed by atoms with Crippen LogP contribution in [-0.2, 0) is 20.8 Å². The molecule has 10 nitrogen and oxygen atoms in total. The number of hydrogen-bond donors (Lipinski definition) is 1. The molecule has 10 heteroatoms. The fraction of sp³-hybridized carbons (Fsp3) is 0.423. The van der Waals surface area contributed by atoms with Gasteiger partial charge in [-0.25, -0.2) is 9.97 Å². The van der Waals surface area contributed by atoms with Crippen LogP contribution in [0, 0.1) is 11.3 Å². The Morgan fingerprint density at radius 1 is 1.31 bits per heavy atom. The van der Waals surface area contributed by atoms with Crippen molar-refractivity contribution < 1.29 is 19.1 Å². The second-order valence-electron chi connectivity index (χ2n) is 8.93. The van der Waals surface area contributed by atoms with Gasteiger partial charge >= 0.3 is 0 Å². The molecule has 4 rings (SSSR count). The number of aryl methyl sites for hydroxylation is 1. The molecule has 1 N–H and O–H groups in total. The summed E-state index contributed by atoms with van der Waals surface area (Å²) < 4.78 is 12.7. The first kappa shape index (κ1) is 25.3. The van der Waals surface area contributed by atoms with Crippen LogP contribution in [0.2, 0.25) is 0 Å². The summed E-state index contributed by atoms with van der Waals surface area (Å²) in [4.78, 5) is 37.2. The fourth-order valence-electron chi connectivity index (χ4n) is 4.39. The van der Waals surface area contributed by atoms with Crippen LogP contribution >= 0.6 is 0 Å². The van der Waals surface area contributed by atoms with E-state index in [9.17, 15) is 14.9 Å². The summed E-state index contributed by atoms with van der Waals surface area (Å²) in [7, 11) is 1.63. The van der Waals surface area contributed by atoms with Gasteiger partial charge in [0.1, 0.15) is 5.52 Å². The lowest BCUT2D eigenvalue weighted by Crippen LogP contribution is -2.48. The summed E-state index contributed by atoms with van der Waals surface area (Å²) in [6.07, 6.45) is 9.52. The maximum absolute atomic E-state index is 13.2. The normalized spacial score (nSPS) is 19.9. The molecule has 1 saturated heterocycles. The minimum absolute atomic E-state index is 0.0414. The van der Waals surface area contributed by atoms with Gasteiger partial charge in [0.05, 0.1) is 29.4 Å². The highest BCUT2D eigenvalue weighted by Crippen LogP contribution is 2.23. The SMILES string of the molecule is COCCCn1c(NC(=O)C2=CCC=CC(C#N)=C2)nc2cc(C(=O)N3CC(C)OC(C)C3)cnc21. The molecule has 0 spiro atoms. The van der Waals surface area contributed by atoms with E-state index in [1.165, 1.54) is 0 Å². The molecule has 1 fully saturated rings. The number of nitrogens with zero attached hydrogens (tertiary/aromatic N) is 5. The van der Waals surface area contributed by atoms with E-state index in [0.29, 0.717) is 72.9 Å². The summed E-state index contributed by atoms with van der Waals surface area (Å²) in [5.41, 5.74) is 2.28. The van der Waals surface area contributed by atoms with E-state index in [1.54, 1.807) is 42.5 Å². The Morgan fingerprint density at radius 2 is 2.08 bits per heavy atom. The molecule has 0 aromatic carbocycles. The average molecular weight is 491 g/mol. The predicted molar refractivity (Wildman–Crippen MR) is 134 cm³/mol. The number of nitrogens with one attached hydrogen (secondary N) is 1. The number of anilines is 1.